The standard InChI is InChI=1S/C16H20BrNO/c1-3-6-18-9-14-15(11-4-5-11)12-7-10(2)8-13(17)16(12)19-14/h7-8,11,18H,3-6,9H2,1-2H3. The van der Waals surface area contributed by atoms with Gasteiger partial charge in [0.1, 0.15) is 11.3 Å². The molecule has 0 saturated heterocycles. The largest absolute Gasteiger partial charge is 0.458 e. The van der Waals surface area contributed by atoms with Gasteiger partial charge in [0.25, 0.3) is 0 Å². The van der Waals surface area contributed by atoms with Gasteiger partial charge in [0, 0.05) is 10.9 Å². The van der Waals surface area contributed by atoms with Crippen molar-refractivity contribution in [2.45, 2.75) is 45.6 Å². The highest BCUT2D eigenvalue weighted by Crippen LogP contribution is 2.47. The Balaban J connectivity index is 2.05. The van der Waals surface area contributed by atoms with E-state index in [9.17, 15) is 0 Å². The summed E-state index contributed by atoms with van der Waals surface area (Å²) in [6, 6.07) is 4.40. The SMILES string of the molecule is CCCNCc1oc2c(Br)cc(C)cc2c1C1CC1. The highest BCUT2D eigenvalue weighted by molar-refractivity contribution is 9.10. The summed E-state index contributed by atoms with van der Waals surface area (Å²) < 4.78 is 7.20. The van der Waals surface area contributed by atoms with Gasteiger partial charge in [0.2, 0.25) is 0 Å². The van der Waals surface area contributed by atoms with Crippen LogP contribution in [0.4, 0.5) is 0 Å². The van der Waals surface area contributed by atoms with Crippen LogP contribution in [0.1, 0.15) is 49.0 Å². The first-order valence-electron chi connectivity index (χ1n) is 7.12. The van der Waals surface area contributed by atoms with Crippen molar-refractivity contribution in [1.82, 2.24) is 5.32 Å². The van der Waals surface area contributed by atoms with E-state index in [2.05, 4.69) is 47.2 Å². The molecule has 0 bridgehead atoms. The molecule has 1 fully saturated rings. The van der Waals surface area contributed by atoms with E-state index < -0.39 is 0 Å². The van der Waals surface area contributed by atoms with Crippen LogP contribution in [0.15, 0.2) is 21.0 Å². The number of halogens is 1. The molecule has 1 N–H and O–H groups in total. The number of benzene rings is 1. The van der Waals surface area contributed by atoms with Crippen molar-refractivity contribution in [3.8, 4) is 0 Å². The van der Waals surface area contributed by atoms with Crippen LogP contribution in [0.25, 0.3) is 11.0 Å². The number of furan rings is 1. The molecular formula is C16H20BrNO. The molecule has 0 amide bonds. The van der Waals surface area contributed by atoms with Gasteiger partial charge in [-0.1, -0.05) is 6.92 Å². The summed E-state index contributed by atoms with van der Waals surface area (Å²) in [5.74, 6) is 1.85. The Kier molecular flexibility index (Phi) is 3.68. The second-order valence-corrected chi connectivity index (χ2v) is 6.37. The van der Waals surface area contributed by atoms with E-state index in [1.807, 2.05) is 0 Å². The molecule has 0 aliphatic heterocycles. The molecule has 1 aromatic carbocycles. The minimum atomic E-state index is 0.716. The summed E-state index contributed by atoms with van der Waals surface area (Å²) in [4.78, 5) is 0. The quantitative estimate of drug-likeness (QED) is 0.794. The van der Waals surface area contributed by atoms with Crippen LogP contribution in [-0.4, -0.2) is 6.54 Å². The van der Waals surface area contributed by atoms with Crippen LogP contribution < -0.4 is 5.32 Å². The monoisotopic (exact) mass is 321 g/mol. The maximum Gasteiger partial charge on any atom is 0.148 e. The molecule has 0 spiro atoms. The molecule has 2 aromatic rings. The predicted octanol–water partition coefficient (Wildman–Crippen LogP) is 4.88. The third-order valence-corrected chi connectivity index (χ3v) is 4.29. The van der Waals surface area contributed by atoms with Gasteiger partial charge < -0.3 is 9.73 Å². The highest BCUT2D eigenvalue weighted by Gasteiger charge is 2.31. The minimum absolute atomic E-state index is 0.716. The zero-order valence-electron chi connectivity index (χ0n) is 11.6. The molecule has 0 unspecified atom stereocenters. The molecule has 1 aromatic heterocycles. The van der Waals surface area contributed by atoms with Crippen LogP contribution >= 0.6 is 15.9 Å². The smallest absolute Gasteiger partial charge is 0.148 e. The van der Waals surface area contributed by atoms with Gasteiger partial charge in [0.15, 0.2) is 0 Å². The van der Waals surface area contributed by atoms with Crippen LogP contribution in [0.5, 0.6) is 0 Å². The van der Waals surface area contributed by atoms with E-state index in [-0.39, 0.29) is 0 Å². The summed E-state index contributed by atoms with van der Waals surface area (Å²) in [7, 11) is 0. The number of hydrogen-bond donors (Lipinski definition) is 1. The van der Waals surface area contributed by atoms with E-state index >= 15 is 0 Å². The minimum Gasteiger partial charge on any atom is -0.458 e. The third-order valence-electron chi connectivity index (χ3n) is 3.70. The molecule has 3 rings (SSSR count). The van der Waals surface area contributed by atoms with Crippen molar-refractivity contribution in [3.05, 3.63) is 33.5 Å². The van der Waals surface area contributed by atoms with Gasteiger partial charge in [-0.3, -0.25) is 0 Å². The Bertz CT molecular complexity index is 598. The van der Waals surface area contributed by atoms with Crippen molar-refractivity contribution in [3.63, 3.8) is 0 Å². The number of fused-ring (bicyclic) bond motifs is 1. The fraction of sp³-hybridized carbons (Fsp3) is 0.500. The highest BCUT2D eigenvalue weighted by atomic mass is 79.9. The van der Waals surface area contributed by atoms with Crippen LogP contribution in [0, 0.1) is 6.92 Å². The molecule has 19 heavy (non-hydrogen) atoms. The van der Waals surface area contributed by atoms with Crippen LogP contribution in [-0.2, 0) is 6.54 Å². The fourth-order valence-corrected chi connectivity index (χ4v) is 3.35. The number of rotatable bonds is 5. The molecule has 1 heterocycles. The first-order valence-corrected chi connectivity index (χ1v) is 7.92. The average Bonchev–Trinajstić information content (AvgIpc) is 3.12. The summed E-state index contributed by atoms with van der Waals surface area (Å²) in [6.07, 6.45) is 3.77. The number of hydrogen-bond acceptors (Lipinski definition) is 2. The summed E-state index contributed by atoms with van der Waals surface area (Å²) in [5.41, 5.74) is 3.75. The first kappa shape index (κ1) is 13.2. The Morgan fingerprint density at radius 1 is 1.37 bits per heavy atom. The molecule has 1 aliphatic carbocycles. The van der Waals surface area contributed by atoms with Crippen molar-refractivity contribution >= 4 is 26.9 Å². The Morgan fingerprint density at radius 3 is 2.84 bits per heavy atom. The molecule has 0 radical (unpaired) electrons. The van der Waals surface area contributed by atoms with Gasteiger partial charge in [-0.25, -0.2) is 0 Å². The second-order valence-electron chi connectivity index (χ2n) is 5.51. The summed E-state index contributed by atoms with van der Waals surface area (Å²) >= 11 is 3.63. The molecule has 3 heteroatoms. The van der Waals surface area contributed by atoms with E-state index in [0.29, 0.717) is 5.92 Å². The molecule has 1 aliphatic rings. The van der Waals surface area contributed by atoms with E-state index in [0.717, 1.165) is 35.3 Å². The Morgan fingerprint density at radius 2 is 2.16 bits per heavy atom. The van der Waals surface area contributed by atoms with Gasteiger partial charge in [-0.05, 0) is 72.3 Å². The average molecular weight is 322 g/mol. The molecule has 102 valence electrons. The van der Waals surface area contributed by atoms with Crippen molar-refractivity contribution in [2.75, 3.05) is 6.54 Å². The van der Waals surface area contributed by atoms with Gasteiger partial charge in [0.05, 0.1) is 11.0 Å². The Hall–Kier alpha value is -0.800. The predicted molar refractivity (Wildman–Crippen MR) is 82.6 cm³/mol. The van der Waals surface area contributed by atoms with Crippen molar-refractivity contribution in [2.24, 2.45) is 0 Å². The maximum absolute atomic E-state index is 6.12. The van der Waals surface area contributed by atoms with Gasteiger partial charge in [-0.2, -0.15) is 0 Å². The van der Waals surface area contributed by atoms with E-state index in [1.165, 1.54) is 29.4 Å². The first-order chi connectivity index (χ1) is 9.20. The molecule has 0 atom stereocenters. The molecule has 1 saturated carbocycles. The van der Waals surface area contributed by atoms with Gasteiger partial charge in [-0.15, -0.1) is 0 Å². The number of nitrogens with one attached hydrogen (secondary N) is 1. The lowest BCUT2D eigenvalue weighted by Gasteiger charge is -2.03. The number of aryl methyl sites for hydroxylation is 1. The van der Waals surface area contributed by atoms with E-state index in [1.54, 1.807) is 0 Å². The lowest BCUT2D eigenvalue weighted by Crippen LogP contribution is -2.14. The van der Waals surface area contributed by atoms with Crippen LogP contribution in [0.2, 0.25) is 0 Å². The topological polar surface area (TPSA) is 25.2 Å². The van der Waals surface area contributed by atoms with Crippen LogP contribution in [0.3, 0.4) is 0 Å². The Labute approximate surface area is 122 Å². The fourth-order valence-electron chi connectivity index (χ4n) is 2.69. The van der Waals surface area contributed by atoms with Crippen molar-refractivity contribution in [1.29, 1.82) is 0 Å². The lowest BCUT2D eigenvalue weighted by molar-refractivity contribution is 0.506. The molecule has 2 nitrogen and oxygen atoms in total. The summed E-state index contributed by atoms with van der Waals surface area (Å²) in [5, 5.41) is 4.77. The zero-order valence-corrected chi connectivity index (χ0v) is 13.1. The third kappa shape index (κ3) is 2.59. The lowest BCUT2D eigenvalue weighted by atomic mass is 10.0. The maximum atomic E-state index is 6.12. The normalized spacial score (nSPS) is 15.3. The van der Waals surface area contributed by atoms with Crippen molar-refractivity contribution < 1.29 is 4.42 Å². The van der Waals surface area contributed by atoms with E-state index in [4.69, 9.17) is 4.42 Å². The van der Waals surface area contributed by atoms with Gasteiger partial charge >= 0.3 is 0 Å². The second kappa shape index (κ2) is 5.29. The zero-order chi connectivity index (χ0) is 13.4. The molecular weight excluding hydrogens is 302 g/mol. The summed E-state index contributed by atoms with van der Waals surface area (Å²) in [6.45, 7) is 6.22.